The number of aliphatic hydroxyl groups is 1. The molecule has 0 saturated carbocycles. The van der Waals surface area contributed by atoms with Crippen LogP contribution >= 0.6 is 0 Å². The van der Waals surface area contributed by atoms with Crippen molar-refractivity contribution in [3.05, 3.63) is 107 Å². The Morgan fingerprint density at radius 2 is 1.60 bits per heavy atom. The average molecular weight is 636 g/mol. The number of fused-ring (bicyclic) bond motifs is 1. The summed E-state index contributed by atoms with van der Waals surface area (Å²) in [5, 5.41) is 12.6. The number of amides is 1. The molecule has 9 heteroatoms. The molecule has 1 aromatic heterocycles. The van der Waals surface area contributed by atoms with Crippen LogP contribution in [-0.2, 0) is 22.6 Å². The monoisotopic (exact) mass is 635 g/mol. The second-order valence-corrected chi connectivity index (χ2v) is 13.3. The zero-order chi connectivity index (χ0) is 32.2. The van der Waals surface area contributed by atoms with Crippen LogP contribution in [0.25, 0.3) is 11.0 Å². The van der Waals surface area contributed by atoms with Gasteiger partial charge < -0.3 is 24.8 Å². The number of para-hydroxylation sites is 2. The minimum atomic E-state index is -0.519. The van der Waals surface area contributed by atoms with Crippen LogP contribution in [-0.4, -0.2) is 75.7 Å². The van der Waals surface area contributed by atoms with Crippen molar-refractivity contribution in [2.24, 2.45) is 5.92 Å². The van der Waals surface area contributed by atoms with Crippen molar-refractivity contribution in [3.63, 3.8) is 0 Å². The van der Waals surface area contributed by atoms with E-state index in [4.69, 9.17) is 9.47 Å². The van der Waals surface area contributed by atoms with Crippen molar-refractivity contribution >= 4 is 16.9 Å². The standard InChI is InChI=1S/C38H45N5O4/c1-26-35(24-43-20-6-7-31(43)23-42-18-4-5-19-42)46-38(47-36(26)29-14-12-28(25-44)13-15-29)30-16-10-27(11-17-30)21-40-37(45)34-22-39-32-8-2-3-9-33(32)41-34/h2-3,8-17,22,26,31,35-36,38,44H,4-7,18-21,23-25H2,1H3,(H,40,45). The summed E-state index contributed by atoms with van der Waals surface area (Å²) in [6.45, 7) is 8.21. The number of hydrogen-bond acceptors (Lipinski definition) is 8. The lowest BCUT2D eigenvalue weighted by atomic mass is 9.90. The molecule has 3 aromatic carbocycles. The van der Waals surface area contributed by atoms with Crippen molar-refractivity contribution in [1.82, 2.24) is 25.1 Å². The molecule has 0 bridgehead atoms. The molecule has 9 nitrogen and oxygen atoms in total. The second kappa shape index (κ2) is 14.6. The van der Waals surface area contributed by atoms with Gasteiger partial charge in [0.15, 0.2) is 6.29 Å². The topological polar surface area (TPSA) is 100 Å². The average Bonchev–Trinajstić information content (AvgIpc) is 3.80. The van der Waals surface area contributed by atoms with Crippen molar-refractivity contribution in [2.75, 3.05) is 32.7 Å². The minimum absolute atomic E-state index is 0.00234. The lowest BCUT2D eigenvalue weighted by Crippen LogP contribution is -2.48. The third kappa shape index (κ3) is 7.40. The van der Waals surface area contributed by atoms with Crippen LogP contribution in [0.2, 0.25) is 0 Å². The van der Waals surface area contributed by atoms with Gasteiger partial charge in [-0.25, -0.2) is 4.98 Å². The van der Waals surface area contributed by atoms with E-state index in [9.17, 15) is 9.90 Å². The summed E-state index contributed by atoms with van der Waals surface area (Å²) in [5.74, 6) is -0.116. The Labute approximate surface area is 276 Å². The van der Waals surface area contributed by atoms with Gasteiger partial charge >= 0.3 is 0 Å². The Hall–Kier alpha value is -3.73. The van der Waals surface area contributed by atoms with Crippen molar-refractivity contribution in [1.29, 1.82) is 0 Å². The number of rotatable bonds is 10. The predicted molar refractivity (Wildman–Crippen MR) is 180 cm³/mol. The maximum Gasteiger partial charge on any atom is 0.271 e. The van der Waals surface area contributed by atoms with Crippen LogP contribution in [0.3, 0.4) is 0 Å². The highest BCUT2D eigenvalue weighted by Gasteiger charge is 2.40. The molecule has 246 valence electrons. The van der Waals surface area contributed by atoms with Crippen LogP contribution in [0.15, 0.2) is 79.0 Å². The molecule has 7 rings (SSSR count). The van der Waals surface area contributed by atoms with Crippen LogP contribution in [0.4, 0.5) is 0 Å². The Kier molecular flexibility index (Phi) is 9.88. The van der Waals surface area contributed by atoms with Crippen LogP contribution in [0.1, 0.15) is 77.7 Å². The van der Waals surface area contributed by atoms with E-state index < -0.39 is 6.29 Å². The summed E-state index contributed by atoms with van der Waals surface area (Å²) in [6.07, 6.45) is 5.96. The lowest BCUT2D eigenvalue weighted by molar-refractivity contribution is -0.276. The largest absolute Gasteiger partial charge is 0.392 e. The van der Waals surface area contributed by atoms with E-state index >= 15 is 0 Å². The number of aliphatic hydroxyl groups excluding tert-OH is 1. The maximum atomic E-state index is 12.8. The van der Waals surface area contributed by atoms with Crippen molar-refractivity contribution in [3.8, 4) is 0 Å². The summed E-state index contributed by atoms with van der Waals surface area (Å²) in [7, 11) is 0. The predicted octanol–water partition coefficient (Wildman–Crippen LogP) is 5.40. The molecule has 3 aliphatic rings. The van der Waals surface area contributed by atoms with E-state index in [1.54, 1.807) is 0 Å². The molecule has 1 amide bonds. The third-order valence-electron chi connectivity index (χ3n) is 10.1. The van der Waals surface area contributed by atoms with Gasteiger partial charge in [-0.05, 0) is 74.1 Å². The molecule has 47 heavy (non-hydrogen) atoms. The molecule has 0 aliphatic carbocycles. The number of hydrogen-bond donors (Lipinski definition) is 2. The first-order valence-corrected chi connectivity index (χ1v) is 17.1. The second-order valence-electron chi connectivity index (χ2n) is 13.3. The van der Waals surface area contributed by atoms with Crippen LogP contribution in [0.5, 0.6) is 0 Å². The zero-order valence-corrected chi connectivity index (χ0v) is 27.1. The van der Waals surface area contributed by atoms with Gasteiger partial charge in [-0.2, -0.15) is 0 Å². The maximum absolute atomic E-state index is 12.8. The van der Waals surface area contributed by atoms with Gasteiger partial charge in [0.2, 0.25) is 0 Å². The first-order valence-electron chi connectivity index (χ1n) is 17.1. The van der Waals surface area contributed by atoms with E-state index in [1.807, 2.05) is 60.7 Å². The van der Waals surface area contributed by atoms with Crippen molar-refractivity contribution in [2.45, 2.75) is 70.3 Å². The highest BCUT2D eigenvalue weighted by Crippen LogP contribution is 2.42. The summed E-state index contributed by atoms with van der Waals surface area (Å²) in [6, 6.07) is 24.3. The number of nitrogens with one attached hydrogen (secondary N) is 1. The summed E-state index contributed by atoms with van der Waals surface area (Å²) in [5.41, 5.74) is 5.65. The molecule has 5 unspecified atom stereocenters. The zero-order valence-electron chi connectivity index (χ0n) is 27.1. The van der Waals surface area contributed by atoms with Gasteiger partial charge in [-0.3, -0.25) is 14.7 Å². The fourth-order valence-electron chi connectivity index (χ4n) is 7.30. The summed E-state index contributed by atoms with van der Waals surface area (Å²) in [4.78, 5) is 26.9. The minimum Gasteiger partial charge on any atom is -0.392 e. The third-order valence-corrected chi connectivity index (χ3v) is 10.1. The van der Waals surface area contributed by atoms with Crippen LogP contribution < -0.4 is 5.32 Å². The summed E-state index contributed by atoms with van der Waals surface area (Å²) >= 11 is 0. The van der Waals surface area contributed by atoms with Gasteiger partial charge in [0.25, 0.3) is 5.91 Å². The highest BCUT2D eigenvalue weighted by atomic mass is 16.7. The molecule has 0 spiro atoms. The Balaban J connectivity index is 1.04. The van der Waals surface area contributed by atoms with E-state index in [1.165, 1.54) is 45.0 Å². The molecule has 5 atom stereocenters. The molecule has 4 aromatic rings. The van der Waals surface area contributed by atoms with E-state index in [-0.39, 0.29) is 30.6 Å². The number of carbonyl (C=O) groups excluding carboxylic acids is 1. The number of carbonyl (C=O) groups is 1. The molecular weight excluding hydrogens is 590 g/mol. The number of likely N-dealkylation sites (tertiary alicyclic amines) is 2. The van der Waals surface area contributed by atoms with E-state index in [0.717, 1.165) is 47.4 Å². The van der Waals surface area contributed by atoms with Gasteiger partial charge in [0.05, 0.1) is 36.0 Å². The molecular formula is C38H45N5O4. The highest BCUT2D eigenvalue weighted by molar-refractivity contribution is 5.93. The molecule has 4 heterocycles. The van der Waals surface area contributed by atoms with Gasteiger partial charge in [-0.1, -0.05) is 67.6 Å². The SMILES string of the molecule is CC1C(CN2CCCC2CN2CCCC2)OC(c2ccc(CNC(=O)c3cnc4ccccc4n3)cc2)OC1c1ccc(CO)cc1. The first-order chi connectivity index (χ1) is 23.0. The van der Waals surface area contributed by atoms with Gasteiger partial charge in [0.1, 0.15) is 5.69 Å². The molecule has 3 saturated heterocycles. The lowest BCUT2D eigenvalue weighted by Gasteiger charge is -2.43. The molecule has 3 fully saturated rings. The smallest absolute Gasteiger partial charge is 0.271 e. The molecule has 0 radical (unpaired) electrons. The number of benzene rings is 3. The van der Waals surface area contributed by atoms with Gasteiger partial charge in [0, 0.05) is 37.2 Å². The number of aromatic nitrogens is 2. The number of nitrogens with zero attached hydrogens (tertiary/aromatic N) is 4. The van der Waals surface area contributed by atoms with Gasteiger partial charge in [-0.15, -0.1) is 0 Å². The van der Waals surface area contributed by atoms with E-state index in [0.29, 0.717) is 23.8 Å². The molecule has 3 aliphatic heterocycles. The first kappa shape index (κ1) is 31.8. The fourth-order valence-corrected chi connectivity index (χ4v) is 7.30. The summed E-state index contributed by atoms with van der Waals surface area (Å²) < 4.78 is 13.5. The molecule has 2 N–H and O–H groups in total. The Morgan fingerprint density at radius 3 is 2.36 bits per heavy atom. The fraction of sp³-hybridized carbons (Fsp3) is 0.447. The van der Waals surface area contributed by atoms with Crippen molar-refractivity contribution < 1.29 is 19.4 Å². The van der Waals surface area contributed by atoms with Crippen LogP contribution in [0, 0.1) is 5.92 Å². The van der Waals surface area contributed by atoms with E-state index in [2.05, 4.69) is 44.1 Å². The Bertz CT molecular complexity index is 1640. The quantitative estimate of drug-likeness (QED) is 0.239. The Morgan fingerprint density at radius 1 is 0.872 bits per heavy atom. The normalized spacial score (nSPS) is 25.4. The number of ether oxygens (including phenoxy) is 2.